The molecule has 0 aliphatic heterocycles. The van der Waals surface area contributed by atoms with Crippen molar-refractivity contribution in [1.82, 2.24) is 14.1 Å². The minimum atomic E-state index is -0.829. The molecule has 2 aromatic heterocycles. The van der Waals surface area contributed by atoms with E-state index in [0.717, 1.165) is 24.3 Å². The molecule has 0 spiro atoms. The van der Waals surface area contributed by atoms with Crippen molar-refractivity contribution in [3.05, 3.63) is 125 Å². The van der Waals surface area contributed by atoms with Crippen LogP contribution in [0.25, 0.3) is 22.4 Å². The molecule has 5 rings (SSSR count). The summed E-state index contributed by atoms with van der Waals surface area (Å²) in [6, 6.07) is 15.5. The number of anilines is 1. The predicted molar refractivity (Wildman–Crippen MR) is 136 cm³/mol. The highest BCUT2D eigenvalue weighted by Gasteiger charge is 2.18. The van der Waals surface area contributed by atoms with Crippen LogP contribution in [0, 0.1) is 17.5 Å². The lowest BCUT2D eigenvalue weighted by Crippen LogP contribution is -2.22. The van der Waals surface area contributed by atoms with E-state index in [4.69, 9.17) is 4.74 Å². The van der Waals surface area contributed by atoms with Crippen molar-refractivity contribution in [3.63, 3.8) is 0 Å². The Morgan fingerprint density at radius 2 is 1.63 bits per heavy atom. The van der Waals surface area contributed by atoms with Crippen LogP contribution >= 0.6 is 0 Å². The third kappa shape index (κ3) is 4.55. The molecule has 1 N–H and O–H groups in total. The first-order valence-corrected chi connectivity index (χ1v) is 11.3. The van der Waals surface area contributed by atoms with Gasteiger partial charge in [-0.15, -0.1) is 0 Å². The van der Waals surface area contributed by atoms with Crippen LogP contribution in [0.4, 0.5) is 18.9 Å². The molecule has 0 atom stereocenters. The fraction of sp³-hybridized carbons (Fsp3) is 0.0357. The Hall–Kier alpha value is -5.12. The number of amides is 1. The molecular weight excluding hydrogens is 497 g/mol. The second kappa shape index (κ2) is 10.1. The molecule has 190 valence electrons. The molecule has 38 heavy (non-hydrogen) atoms. The van der Waals surface area contributed by atoms with Crippen LogP contribution in [0.15, 0.2) is 96.6 Å². The van der Waals surface area contributed by atoms with Crippen molar-refractivity contribution in [3.8, 4) is 17.1 Å². The van der Waals surface area contributed by atoms with E-state index < -0.39 is 35.7 Å². The number of aromatic nitrogens is 3. The Kier molecular flexibility index (Phi) is 6.53. The largest absolute Gasteiger partial charge is 0.486 e. The molecule has 3 aromatic carbocycles. The molecule has 0 saturated heterocycles. The summed E-state index contributed by atoms with van der Waals surface area (Å²) in [6.45, 7) is 2.91. The van der Waals surface area contributed by atoms with Crippen molar-refractivity contribution in [2.24, 2.45) is 0 Å². The van der Waals surface area contributed by atoms with Gasteiger partial charge >= 0.3 is 5.69 Å². The van der Waals surface area contributed by atoms with E-state index in [1.165, 1.54) is 39.7 Å². The first-order valence-electron chi connectivity index (χ1n) is 11.3. The van der Waals surface area contributed by atoms with Gasteiger partial charge in [-0.2, -0.15) is 0 Å². The van der Waals surface area contributed by atoms with Gasteiger partial charge in [0.05, 0.1) is 34.2 Å². The van der Waals surface area contributed by atoms with Crippen LogP contribution in [-0.2, 0) is 11.4 Å². The fourth-order valence-corrected chi connectivity index (χ4v) is 4.03. The van der Waals surface area contributed by atoms with Crippen molar-refractivity contribution >= 4 is 22.6 Å². The fourth-order valence-electron chi connectivity index (χ4n) is 4.03. The normalized spacial score (nSPS) is 10.9. The van der Waals surface area contributed by atoms with Gasteiger partial charge in [0.2, 0.25) is 5.91 Å². The lowest BCUT2D eigenvalue weighted by Gasteiger charge is -2.10. The maximum absolute atomic E-state index is 15.0. The number of hydrogen-bond donors (Lipinski definition) is 1. The Labute approximate surface area is 214 Å². The van der Waals surface area contributed by atoms with E-state index in [0.29, 0.717) is 22.4 Å². The topological polar surface area (TPSA) is 78.2 Å². The molecule has 2 heterocycles. The van der Waals surface area contributed by atoms with Gasteiger partial charge in [0, 0.05) is 18.0 Å². The first kappa shape index (κ1) is 24.6. The second-order valence-corrected chi connectivity index (χ2v) is 8.17. The number of halogens is 3. The maximum atomic E-state index is 15.0. The molecular formula is C28H19F3N4O3. The van der Waals surface area contributed by atoms with Crippen LogP contribution in [-0.4, -0.2) is 20.0 Å². The van der Waals surface area contributed by atoms with Gasteiger partial charge in [-0.05, 0) is 54.6 Å². The number of ether oxygens (including phenoxy) is 1. The zero-order valence-corrected chi connectivity index (χ0v) is 19.7. The Bertz CT molecular complexity index is 1740. The van der Waals surface area contributed by atoms with Crippen LogP contribution in [0.2, 0.25) is 0 Å². The molecule has 7 nitrogen and oxygen atoms in total. The van der Waals surface area contributed by atoms with Crippen molar-refractivity contribution in [2.45, 2.75) is 6.61 Å². The number of benzene rings is 3. The molecule has 10 heteroatoms. The van der Waals surface area contributed by atoms with E-state index in [1.807, 2.05) is 0 Å². The van der Waals surface area contributed by atoms with E-state index in [9.17, 15) is 18.4 Å². The van der Waals surface area contributed by atoms with Crippen molar-refractivity contribution in [2.75, 3.05) is 5.32 Å². The molecule has 0 unspecified atom stereocenters. The molecule has 0 saturated carbocycles. The van der Waals surface area contributed by atoms with Crippen molar-refractivity contribution < 1.29 is 22.7 Å². The number of carbonyl (C=O) groups excluding carboxylic acids is 1. The molecule has 0 radical (unpaired) electrons. The van der Waals surface area contributed by atoms with E-state index in [1.54, 1.807) is 30.3 Å². The van der Waals surface area contributed by atoms with Gasteiger partial charge in [-0.25, -0.2) is 18.0 Å². The SMILES string of the molecule is C=CC(=O)Nc1cccc(-n2c(=O)n(-c3ccc(OCc4c(F)cccc4F)c(F)c3)c3cnccc32)c1. The zero-order chi connectivity index (χ0) is 26.8. The number of imidazole rings is 1. The molecule has 0 bridgehead atoms. The summed E-state index contributed by atoms with van der Waals surface area (Å²) in [6.07, 6.45) is 4.12. The quantitative estimate of drug-likeness (QED) is 0.298. The number of carbonyl (C=O) groups is 1. The number of hydrogen-bond acceptors (Lipinski definition) is 4. The molecule has 0 fully saturated rings. The number of nitrogens with zero attached hydrogens (tertiary/aromatic N) is 3. The number of pyridine rings is 1. The van der Waals surface area contributed by atoms with Gasteiger partial charge in [-0.3, -0.25) is 18.9 Å². The summed E-state index contributed by atoms with van der Waals surface area (Å²) in [5.41, 5.74) is 1.15. The highest BCUT2D eigenvalue weighted by atomic mass is 19.1. The summed E-state index contributed by atoms with van der Waals surface area (Å²) >= 11 is 0. The highest BCUT2D eigenvalue weighted by molar-refractivity contribution is 5.99. The average Bonchev–Trinajstić information content (AvgIpc) is 3.20. The number of nitrogens with one attached hydrogen (secondary N) is 1. The van der Waals surface area contributed by atoms with Gasteiger partial charge in [0.15, 0.2) is 11.6 Å². The minimum absolute atomic E-state index is 0.185. The Morgan fingerprint density at radius 3 is 2.37 bits per heavy atom. The third-order valence-electron chi connectivity index (χ3n) is 5.81. The third-order valence-corrected chi connectivity index (χ3v) is 5.81. The van der Waals surface area contributed by atoms with E-state index in [-0.39, 0.29) is 17.0 Å². The summed E-state index contributed by atoms with van der Waals surface area (Å²) < 4.78 is 50.8. The standard InChI is InChI=1S/C28H19F3N4O3/c1-2-27(36)33-17-5-3-6-18(13-17)34-24-11-12-32-15-25(24)35(28(34)37)19-9-10-26(23(31)14-19)38-16-20-21(29)7-4-8-22(20)30/h2-15H,1,16H2,(H,33,36). The second-order valence-electron chi connectivity index (χ2n) is 8.17. The number of fused-ring (bicyclic) bond motifs is 1. The van der Waals surface area contributed by atoms with Crippen molar-refractivity contribution in [1.29, 1.82) is 0 Å². The number of rotatable bonds is 7. The van der Waals surface area contributed by atoms with Gasteiger partial charge < -0.3 is 10.1 Å². The predicted octanol–water partition coefficient (Wildman–Crippen LogP) is 5.30. The van der Waals surface area contributed by atoms with Crippen LogP contribution in [0.3, 0.4) is 0 Å². The summed E-state index contributed by atoms with van der Waals surface area (Å²) in [5, 5.41) is 2.65. The van der Waals surface area contributed by atoms with Crippen LogP contribution in [0.1, 0.15) is 5.56 Å². The lowest BCUT2D eigenvalue weighted by molar-refractivity contribution is -0.111. The van der Waals surface area contributed by atoms with E-state index in [2.05, 4.69) is 16.9 Å². The highest BCUT2D eigenvalue weighted by Crippen LogP contribution is 2.26. The summed E-state index contributed by atoms with van der Waals surface area (Å²) in [4.78, 5) is 29.4. The minimum Gasteiger partial charge on any atom is -0.486 e. The molecule has 0 aliphatic carbocycles. The van der Waals surface area contributed by atoms with Gasteiger partial charge in [0.25, 0.3) is 0 Å². The first-order chi connectivity index (χ1) is 18.4. The van der Waals surface area contributed by atoms with Gasteiger partial charge in [0.1, 0.15) is 18.2 Å². The van der Waals surface area contributed by atoms with Crippen LogP contribution in [0.5, 0.6) is 5.75 Å². The maximum Gasteiger partial charge on any atom is 0.338 e. The molecule has 0 aliphatic rings. The van der Waals surface area contributed by atoms with Crippen LogP contribution < -0.4 is 15.7 Å². The smallest absolute Gasteiger partial charge is 0.338 e. The van der Waals surface area contributed by atoms with Gasteiger partial charge in [-0.1, -0.05) is 18.7 Å². The van der Waals surface area contributed by atoms with E-state index >= 15 is 4.39 Å². The zero-order valence-electron chi connectivity index (χ0n) is 19.7. The summed E-state index contributed by atoms with van der Waals surface area (Å²) in [7, 11) is 0. The Balaban J connectivity index is 1.54. The Morgan fingerprint density at radius 1 is 0.921 bits per heavy atom. The lowest BCUT2D eigenvalue weighted by atomic mass is 10.2. The average molecular weight is 516 g/mol. The molecule has 1 amide bonds. The monoisotopic (exact) mass is 516 g/mol. The molecule has 5 aromatic rings. The summed E-state index contributed by atoms with van der Waals surface area (Å²) in [5.74, 6) is -3.08.